The Kier molecular flexibility index (Phi) is 6.09. The molecule has 2 N–H and O–H groups in total. The molecule has 0 fully saturated rings. The summed E-state index contributed by atoms with van der Waals surface area (Å²) in [6.07, 6.45) is -0.198. The van der Waals surface area contributed by atoms with Crippen LogP contribution in [0.4, 0.5) is 0 Å². The monoisotopic (exact) mass is 203 g/mol. The van der Waals surface area contributed by atoms with Gasteiger partial charge in [0.25, 0.3) is 0 Å². The molecule has 0 aliphatic rings. The Labute approximate surface area is 81.3 Å². The Morgan fingerprint density at radius 1 is 1.07 bits per heavy atom. The Balaban J connectivity index is 3.53. The highest BCUT2D eigenvalue weighted by Gasteiger charge is 2.08. The summed E-state index contributed by atoms with van der Waals surface area (Å²) in [6, 6.07) is 0. The van der Waals surface area contributed by atoms with Crippen molar-refractivity contribution in [2.45, 2.75) is 19.8 Å². The lowest BCUT2D eigenvalue weighted by atomic mass is 10.3. The molecule has 0 aliphatic carbocycles. The van der Waals surface area contributed by atoms with Gasteiger partial charge in [-0.05, 0) is 6.92 Å². The van der Waals surface area contributed by atoms with Crippen LogP contribution in [-0.2, 0) is 23.9 Å². The summed E-state index contributed by atoms with van der Waals surface area (Å²) in [5, 5.41) is 0. The number of esters is 2. The molecule has 0 spiro atoms. The van der Waals surface area contributed by atoms with Crippen LogP contribution in [-0.4, -0.2) is 31.1 Å². The molecule has 1 amide bonds. The largest absolute Gasteiger partial charge is 0.463 e. The van der Waals surface area contributed by atoms with Crippen LogP contribution in [0.2, 0.25) is 0 Å². The summed E-state index contributed by atoms with van der Waals surface area (Å²) in [4.78, 5) is 31.8. The first-order chi connectivity index (χ1) is 6.56. The molecule has 0 aromatic rings. The Hall–Kier alpha value is -1.59. The van der Waals surface area contributed by atoms with Gasteiger partial charge in [0.15, 0.2) is 6.61 Å². The van der Waals surface area contributed by atoms with Gasteiger partial charge in [-0.15, -0.1) is 0 Å². The molecule has 6 heteroatoms. The van der Waals surface area contributed by atoms with Crippen molar-refractivity contribution in [1.82, 2.24) is 0 Å². The summed E-state index contributed by atoms with van der Waals surface area (Å²) < 4.78 is 9.00. The van der Waals surface area contributed by atoms with Gasteiger partial charge in [0, 0.05) is 6.42 Å². The van der Waals surface area contributed by atoms with Crippen LogP contribution in [0.3, 0.4) is 0 Å². The van der Waals surface area contributed by atoms with Crippen molar-refractivity contribution in [2.24, 2.45) is 5.73 Å². The molecule has 0 rings (SSSR count). The van der Waals surface area contributed by atoms with E-state index in [0.717, 1.165) is 0 Å². The van der Waals surface area contributed by atoms with E-state index in [4.69, 9.17) is 5.73 Å². The van der Waals surface area contributed by atoms with Gasteiger partial charge in [0.1, 0.15) is 0 Å². The summed E-state index contributed by atoms with van der Waals surface area (Å²) in [5.74, 6) is -1.84. The Morgan fingerprint density at radius 2 is 1.71 bits per heavy atom. The zero-order valence-electron chi connectivity index (χ0n) is 7.95. The lowest BCUT2D eigenvalue weighted by Crippen LogP contribution is -2.18. The Morgan fingerprint density at radius 3 is 2.21 bits per heavy atom. The standard InChI is InChI=1S/C8H13NO5/c1-2-13-8(12)5-14-7(11)4-3-6(9)10/h2-5H2,1H3,(H2,9,10). The normalized spacial score (nSPS) is 9.21. The molecule has 14 heavy (non-hydrogen) atoms. The molecule has 0 saturated carbocycles. The predicted molar refractivity (Wildman–Crippen MR) is 46.0 cm³/mol. The maximum Gasteiger partial charge on any atom is 0.344 e. The molecule has 0 aromatic heterocycles. The minimum absolute atomic E-state index is 0.0817. The summed E-state index contributed by atoms with van der Waals surface area (Å²) in [6.45, 7) is 1.45. The molecule has 0 atom stereocenters. The molecule has 0 aliphatic heterocycles. The van der Waals surface area contributed by atoms with E-state index in [-0.39, 0.29) is 19.4 Å². The van der Waals surface area contributed by atoms with Crippen LogP contribution in [0.5, 0.6) is 0 Å². The van der Waals surface area contributed by atoms with Gasteiger partial charge < -0.3 is 15.2 Å². The average molecular weight is 203 g/mol. The number of carbonyl (C=O) groups is 3. The molecule has 0 heterocycles. The average Bonchev–Trinajstić information content (AvgIpc) is 2.12. The minimum Gasteiger partial charge on any atom is -0.463 e. The highest BCUT2D eigenvalue weighted by Crippen LogP contribution is 1.92. The maximum absolute atomic E-state index is 10.8. The van der Waals surface area contributed by atoms with Crippen LogP contribution in [0.1, 0.15) is 19.8 Å². The third-order valence-electron chi connectivity index (χ3n) is 1.23. The van der Waals surface area contributed by atoms with Crippen molar-refractivity contribution in [2.75, 3.05) is 13.2 Å². The fourth-order valence-electron chi connectivity index (χ4n) is 0.640. The van der Waals surface area contributed by atoms with Crippen molar-refractivity contribution >= 4 is 17.8 Å². The van der Waals surface area contributed by atoms with Crippen molar-refractivity contribution in [3.05, 3.63) is 0 Å². The van der Waals surface area contributed by atoms with E-state index >= 15 is 0 Å². The highest BCUT2D eigenvalue weighted by molar-refractivity contribution is 5.81. The zero-order valence-corrected chi connectivity index (χ0v) is 7.95. The number of amides is 1. The second-order valence-corrected chi connectivity index (χ2v) is 2.43. The number of primary amides is 1. The molecule has 0 radical (unpaired) electrons. The number of hydrogen-bond acceptors (Lipinski definition) is 5. The third-order valence-corrected chi connectivity index (χ3v) is 1.23. The summed E-state index contributed by atoms with van der Waals surface area (Å²) >= 11 is 0. The fraction of sp³-hybridized carbons (Fsp3) is 0.625. The van der Waals surface area contributed by atoms with E-state index in [1.165, 1.54) is 0 Å². The van der Waals surface area contributed by atoms with Crippen LogP contribution in [0, 0.1) is 0 Å². The first-order valence-corrected chi connectivity index (χ1v) is 4.15. The van der Waals surface area contributed by atoms with Crippen LogP contribution in [0.25, 0.3) is 0 Å². The van der Waals surface area contributed by atoms with Crippen molar-refractivity contribution in [3.8, 4) is 0 Å². The quantitative estimate of drug-likeness (QED) is 0.579. The van der Waals surface area contributed by atoms with Crippen molar-refractivity contribution in [3.63, 3.8) is 0 Å². The van der Waals surface area contributed by atoms with Gasteiger partial charge in [0.2, 0.25) is 5.91 Å². The molecule has 6 nitrogen and oxygen atoms in total. The summed E-state index contributed by atoms with van der Waals surface area (Å²) in [7, 11) is 0. The smallest absolute Gasteiger partial charge is 0.344 e. The van der Waals surface area contributed by atoms with E-state index in [0.29, 0.717) is 0 Å². The fourth-order valence-corrected chi connectivity index (χ4v) is 0.640. The number of nitrogens with two attached hydrogens (primary N) is 1. The van der Waals surface area contributed by atoms with E-state index in [1.807, 2.05) is 0 Å². The number of hydrogen-bond donors (Lipinski definition) is 1. The second-order valence-electron chi connectivity index (χ2n) is 2.43. The topological polar surface area (TPSA) is 95.7 Å². The van der Waals surface area contributed by atoms with E-state index in [1.54, 1.807) is 6.92 Å². The lowest BCUT2D eigenvalue weighted by Gasteiger charge is -2.03. The molecule has 0 saturated heterocycles. The van der Waals surface area contributed by atoms with Gasteiger partial charge in [-0.3, -0.25) is 9.59 Å². The minimum atomic E-state index is -0.642. The van der Waals surface area contributed by atoms with Gasteiger partial charge in [-0.2, -0.15) is 0 Å². The van der Waals surface area contributed by atoms with Crippen molar-refractivity contribution in [1.29, 1.82) is 0 Å². The predicted octanol–water partition coefficient (Wildman–Crippen LogP) is -0.642. The number of carbonyl (C=O) groups excluding carboxylic acids is 3. The molecule has 0 aromatic carbocycles. The number of rotatable bonds is 6. The number of ether oxygens (including phenoxy) is 2. The second kappa shape index (κ2) is 6.88. The first kappa shape index (κ1) is 12.4. The lowest BCUT2D eigenvalue weighted by molar-refractivity contribution is -0.158. The highest BCUT2D eigenvalue weighted by atomic mass is 16.6. The molecular weight excluding hydrogens is 190 g/mol. The maximum atomic E-state index is 10.8. The molecule has 0 bridgehead atoms. The van der Waals surface area contributed by atoms with E-state index < -0.39 is 24.5 Å². The van der Waals surface area contributed by atoms with Crippen LogP contribution >= 0.6 is 0 Å². The third kappa shape index (κ3) is 7.08. The van der Waals surface area contributed by atoms with Crippen LogP contribution < -0.4 is 5.73 Å². The molecule has 80 valence electrons. The molecule has 0 unspecified atom stereocenters. The van der Waals surface area contributed by atoms with E-state index in [2.05, 4.69) is 9.47 Å². The van der Waals surface area contributed by atoms with Gasteiger partial charge >= 0.3 is 11.9 Å². The van der Waals surface area contributed by atoms with Gasteiger partial charge in [-0.1, -0.05) is 0 Å². The van der Waals surface area contributed by atoms with E-state index in [9.17, 15) is 14.4 Å². The SMILES string of the molecule is CCOC(=O)COC(=O)CCC(N)=O. The summed E-state index contributed by atoms with van der Waals surface area (Å²) in [5.41, 5.74) is 4.81. The van der Waals surface area contributed by atoms with Crippen LogP contribution in [0.15, 0.2) is 0 Å². The zero-order chi connectivity index (χ0) is 11.0. The Bertz CT molecular complexity index is 226. The first-order valence-electron chi connectivity index (χ1n) is 4.15. The van der Waals surface area contributed by atoms with Crippen molar-refractivity contribution < 1.29 is 23.9 Å². The van der Waals surface area contributed by atoms with Gasteiger partial charge in [-0.25, -0.2) is 4.79 Å². The van der Waals surface area contributed by atoms with Gasteiger partial charge in [0.05, 0.1) is 13.0 Å². The molecular formula is C8H13NO5.